The smallest absolute Gasteiger partial charge is 0.379 e. The van der Waals surface area contributed by atoms with Crippen molar-refractivity contribution in [1.82, 2.24) is 10.2 Å². The van der Waals surface area contributed by atoms with Crippen molar-refractivity contribution in [2.24, 2.45) is 11.3 Å². The standard InChI is InChI=1S/C24H33F3N2O3S/c1-15(2)23(8-6-18(11-23)28-19-7-9-32-13-20(19)31-3)22(30)29-12-16-10-17(24(25,26)27)4-5-21(16)33-14-29/h4-5,10,15,18-20,28H,6-9,11-14H2,1-3H3/t18-,19?,20?,23+/m1/s1. The molecule has 1 saturated carbocycles. The Labute approximate surface area is 197 Å². The van der Waals surface area contributed by atoms with E-state index in [9.17, 15) is 18.0 Å². The van der Waals surface area contributed by atoms with Crippen LogP contribution in [0.4, 0.5) is 13.2 Å². The third kappa shape index (κ3) is 5.06. The van der Waals surface area contributed by atoms with Crippen LogP contribution in [0.2, 0.25) is 0 Å². The highest BCUT2D eigenvalue weighted by Gasteiger charge is 2.50. The fourth-order valence-corrected chi connectivity index (χ4v) is 6.46. The van der Waals surface area contributed by atoms with Crippen molar-refractivity contribution < 1.29 is 27.4 Å². The van der Waals surface area contributed by atoms with Crippen LogP contribution in [0.5, 0.6) is 0 Å². The number of rotatable bonds is 5. The molecule has 1 N–H and O–H groups in total. The molecule has 184 valence electrons. The molecule has 5 nitrogen and oxygen atoms in total. The normalized spacial score (nSPS) is 30.5. The van der Waals surface area contributed by atoms with E-state index in [2.05, 4.69) is 19.2 Å². The highest BCUT2D eigenvalue weighted by atomic mass is 32.2. The summed E-state index contributed by atoms with van der Waals surface area (Å²) in [6.07, 6.45) is -1.11. The summed E-state index contributed by atoms with van der Waals surface area (Å²) in [5.41, 5.74) is -0.597. The molecule has 33 heavy (non-hydrogen) atoms. The molecule has 0 spiro atoms. The molecule has 1 amide bonds. The second kappa shape index (κ2) is 9.76. The molecule has 0 radical (unpaired) electrons. The quantitative estimate of drug-likeness (QED) is 0.655. The van der Waals surface area contributed by atoms with Crippen molar-refractivity contribution in [2.45, 2.75) is 75.3 Å². The predicted molar refractivity (Wildman–Crippen MR) is 121 cm³/mol. The molecule has 2 aliphatic heterocycles. The average Bonchev–Trinajstić information content (AvgIpc) is 3.23. The number of hydrogen-bond donors (Lipinski definition) is 1. The molecule has 4 rings (SSSR count). The number of carbonyl (C=O) groups excluding carboxylic acids is 1. The molecule has 4 atom stereocenters. The van der Waals surface area contributed by atoms with Gasteiger partial charge in [0, 0.05) is 37.2 Å². The molecule has 2 unspecified atom stereocenters. The van der Waals surface area contributed by atoms with Crippen LogP contribution in [0.25, 0.3) is 0 Å². The van der Waals surface area contributed by atoms with Crippen LogP contribution in [0.3, 0.4) is 0 Å². The predicted octanol–water partition coefficient (Wildman–Crippen LogP) is 4.69. The second-order valence-corrected chi connectivity index (χ2v) is 10.7. The van der Waals surface area contributed by atoms with Gasteiger partial charge < -0.3 is 19.7 Å². The molecular formula is C24H33F3N2O3S. The monoisotopic (exact) mass is 486 g/mol. The van der Waals surface area contributed by atoms with Crippen LogP contribution in [-0.2, 0) is 27.0 Å². The van der Waals surface area contributed by atoms with Crippen molar-refractivity contribution in [1.29, 1.82) is 0 Å². The van der Waals surface area contributed by atoms with Gasteiger partial charge in [0.05, 0.1) is 29.6 Å². The largest absolute Gasteiger partial charge is 0.416 e. The lowest BCUT2D eigenvalue weighted by atomic mass is 9.74. The van der Waals surface area contributed by atoms with Crippen LogP contribution >= 0.6 is 11.8 Å². The number of fused-ring (bicyclic) bond motifs is 1. The van der Waals surface area contributed by atoms with Crippen molar-refractivity contribution in [3.63, 3.8) is 0 Å². The molecule has 2 heterocycles. The van der Waals surface area contributed by atoms with Gasteiger partial charge in [0.25, 0.3) is 0 Å². The van der Waals surface area contributed by atoms with Gasteiger partial charge in [-0.15, -0.1) is 11.8 Å². The van der Waals surface area contributed by atoms with Gasteiger partial charge in [-0.2, -0.15) is 13.2 Å². The third-order valence-corrected chi connectivity index (χ3v) is 8.70. The van der Waals surface area contributed by atoms with Crippen molar-refractivity contribution in [3.8, 4) is 0 Å². The molecule has 1 saturated heterocycles. The molecular weight excluding hydrogens is 453 g/mol. The van der Waals surface area contributed by atoms with Crippen molar-refractivity contribution >= 4 is 17.7 Å². The van der Waals surface area contributed by atoms with E-state index in [0.717, 1.165) is 36.6 Å². The van der Waals surface area contributed by atoms with Gasteiger partial charge in [-0.05, 0) is 55.4 Å². The van der Waals surface area contributed by atoms with Crippen LogP contribution in [-0.4, -0.2) is 55.2 Å². The first-order valence-corrected chi connectivity index (χ1v) is 12.6. The molecule has 9 heteroatoms. The van der Waals surface area contributed by atoms with Gasteiger partial charge in [0.2, 0.25) is 5.91 Å². The summed E-state index contributed by atoms with van der Waals surface area (Å²) in [5.74, 6) is 0.667. The van der Waals surface area contributed by atoms with Gasteiger partial charge in [-0.3, -0.25) is 4.79 Å². The van der Waals surface area contributed by atoms with Gasteiger partial charge in [-0.1, -0.05) is 13.8 Å². The Morgan fingerprint density at radius 2 is 2.12 bits per heavy atom. The number of benzene rings is 1. The van der Waals surface area contributed by atoms with Gasteiger partial charge >= 0.3 is 6.18 Å². The number of carbonyl (C=O) groups is 1. The van der Waals surface area contributed by atoms with Crippen LogP contribution in [0.15, 0.2) is 23.1 Å². The van der Waals surface area contributed by atoms with Crippen LogP contribution in [0, 0.1) is 11.3 Å². The average molecular weight is 487 g/mol. The molecule has 1 aromatic rings. The Hall–Kier alpha value is -1.29. The minimum absolute atomic E-state index is 0.00123. The topological polar surface area (TPSA) is 50.8 Å². The zero-order valence-electron chi connectivity index (χ0n) is 19.4. The summed E-state index contributed by atoms with van der Waals surface area (Å²) >= 11 is 1.44. The Morgan fingerprint density at radius 3 is 2.82 bits per heavy atom. The highest BCUT2D eigenvalue weighted by Crippen LogP contribution is 2.47. The van der Waals surface area contributed by atoms with Gasteiger partial charge in [0.15, 0.2) is 0 Å². The Balaban J connectivity index is 1.48. The van der Waals surface area contributed by atoms with E-state index < -0.39 is 17.2 Å². The first kappa shape index (κ1) is 24.8. The summed E-state index contributed by atoms with van der Waals surface area (Å²) in [6, 6.07) is 4.25. The Bertz CT molecular complexity index is 866. The zero-order valence-corrected chi connectivity index (χ0v) is 20.2. The maximum absolute atomic E-state index is 13.8. The Kier molecular flexibility index (Phi) is 7.34. The molecule has 0 bridgehead atoms. The summed E-state index contributed by atoms with van der Waals surface area (Å²) in [4.78, 5) is 16.4. The zero-order chi connectivity index (χ0) is 23.8. The fraction of sp³-hybridized carbons (Fsp3) is 0.708. The first-order valence-electron chi connectivity index (χ1n) is 11.6. The number of nitrogens with zero attached hydrogens (tertiary/aromatic N) is 1. The number of halogens is 3. The number of thioether (sulfide) groups is 1. The van der Waals surface area contributed by atoms with Crippen LogP contribution in [0.1, 0.15) is 50.7 Å². The van der Waals surface area contributed by atoms with E-state index in [-0.39, 0.29) is 36.6 Å². The second-order valence-electron chi connectivity index (χ2n) is 9.76. The number of ether oxygens (including phenoxy) is 2. The molecule has 2 fully saturated rings. The number of nitrogens with one attached hydrogen (secondary N) is 1. The van der Waals surface area contributed by atoms with Crippen molar-refractivity contribution in [3.05, 3.63) is 29.3 Å². The molecule has 1 aromatic carbocycles. The lowest BCUT2D eigenvalue weighted by Crippen LogP contribution is -2.51. The van der Waals surface area contributed by atoms with E-state index in [1.165, 1.54) is 23.9 Å². The number of amides is 1. The first-order chi connectivity index (χ1) is 15.6. The summed E-state index contributed by atoms with van der Waals surface area (Å²) in [5, 5.41) is 3.72. The van der Waals surface area contributed by atoms with Crippen LogP contribution < -0.4 is 5.32 Å². The summed E-state index contributed by atoms with van der Waals surface area (Å²) in [7, 11) is 1.70. The van der Waals surface area contributed by atoms with Crippen molar-refractivity contribution in [2.75, 3.05) is 26.2 Å². The Morgan fingerprint density at radius 1 is 1.33 bits per heavy atom. The minimum Gasteiger partial charge on any atom is -0.379 e. The molecule has 1 aliphatic carbocycles. The fourth-order valence-electron chi connectivity index (χ4n) is 5.49. The number of alkyl halides is 3. The maximum atomic E-state index is 13.8. The highest BCUT2D eigenvalue weighted by molar-refractivity contribution is 7.99. The summed E-state index contributed by atoms with van der Waals surface area (Å²) < 4.78 is 50.7. The summed E-state index contributed by atoms with van der Waals surface area (Å²) in [6.45, 7) is 5.66. The maximum Gasteiger partial charge on any atom is 0.416 e. The molecule has 3 aliphatic rings. The third-order valence-electron chi connectivity index (χ3n) is 7.55. The van der Waals surface area contributed by atoms with E-state index in [4.69, 9.17) is 9.47 Å². The van der Waals surface area contributed by atoms with Gasteiger partial charge in [-0.25, -0.2) is 0 Å². The van der Waals surface area contributed by atoms with E-state index in [0.29, 0.717) is 24.7 Å². The molecule has 0 aromatic heterocycles. The lowest BCUT2D eigenvalue weighted by Gasteiger charge is -2.40. The SMILES string of the molecule is COC1COCCC1N[C@@H]1CC[C@@](C(=O)N2CSc3ccc(C(F)(F)F)cc3C2)(C(C)C)C1. The number of methoxy groups -OCH3 is 1. The lowest BCUT2D eigenvalue weighted by molar-refractivity contribution is -0.144. The van der Waals surface area contributed by atoms with E-state index in [1.54, 1.807) is 12.0 Å². The number of hydrogen-bond acceptors (Lipinski definition) is 5. The van der Waals surface area contributed by atoms with Gasteiger partial charge in [0.1, 0.15) is 0 Å². The van der Waals surface area contributed by atoms with E-state index in [1.807, 2.05) is 0 Å². The van der Waals surface area contributed by atoms with E-state index >= 15 is 0 Å². The minimum atomic E-state index is -4.39.